The van der Waals surface area contributed by atoms with E-state index in [4.69, 9.17) is 9.47 Å². The zero-order valence-electron chi connectivity index (χ0n) is 14.4. The Labute approximate surface area is 157 Å². The van der Waals surface area contributed by atoms with Gasteiger partial charge in [-0.25, -0.2) is 4.99 Å². The third kappa shape index (κ3) is 10.4. The van der Waals surface area contributed by atoms with Crippen molar-refractivity contribution in [2.75, 3.05) is 33.4 Å². The van der Waals surface area contributed by atoms with Gasteiger partial charge in [0.25, 0.3) is 0 Å². The summed E-state index contributed by atoms with van der Waals surface area (Å²) in [6, 6.07) is 8.02. The maximum absolute atomic E-state index is 5.62. The van der Waals surface area contributed by atoms with Crippen molar-refractivity contribution < 1.29 is 9.47 Å². The van der Waals surface area contributed by atoms with Gasteiger partial charge in [0.05, 0.1) is 13.2 Å². The van der Waals surface area contributed by atoms with Crippen molar-refractivity contribution in [1.82, 2.24) is 10.6 Å². The third-order valence-electron chi connectivity index (χ3n) is 3.04. The molecule has 5 nitrogen and oxygen atoms in total. The van der Waals surface area contributed by atoms with Crippen LogP contribution in [0.25, 0.3) is 0 Å². The van der Waals surface area contributed by atoms with Crippen LogP contribution in [0, 0.1) is 0 Å². The summed E-state index contributed by atoms with van der Waals surface area (Å²) in [5.41, 5.74) is 1.13. The summed E-state index contributed by atoms with van der Waals surface area (Å²) in [6.45, 7) is 7.84. The van der Waals surface area contributed by atoms with Crippen molar-refractivity contribution in [2.45, 2.75) is 33.2 Å². The topological polar surface area (TPSA) is 54.9 Å². The van der Waals surface area contributed by atoms with E-state index in [0.717, 1.165) is 36.8 Å². The van der Waals surface area contributed by atoms with Crippen LogP contribution >= 0.6 is 24.0 Å². The Bertz CT molecular complexity index is 442. The highest BCUT2D eigenvalue weighted by molar-refractivity contribution is 14.0. The van der Waals surface area contributed by atoms with Crippen LogP contribution in [0.4, 0.5) is 0 Å². The Balaban J connectivity index is 0.00000484. The van der Waals surface area contributed by atoms with Gasteiger partial charge in [-0.15, -0.1) is 24.0 Å². The lowest BCUT2D eigenvalue weighted by Gasteiger charge is -2.11. The molecule has 0 fully saturated rings. The molecule has 2 N–H and O–H groups in total. The Morgan fingerprint density at radius 3 is 2.70 bits per heavy atom. The fourth-order valence-corrected chi connectivity index (χ4v) is 1.87. The highest BCUT2D eigenvalue weighted by Crippen LogP contribution is 2.14. The smallest absolute Gasteiger partial charge is 0.191 e. The number of benzene rings is 1. The number of nitrogens with zero attached hydrogens (tertiary/aromatic N) is 1. The monoisotopic (exact) mass is 435 g/mol. The second-order valence-corrected chi connectivity index (χ2v) is 4.96. The normalized spacial score (nSPS) is 10.8. The van der Waals surface area contributed by atoms with E-state index in [1.807, 2.05) is 18.2 Å². The molecule has 6 heteroatoms. The van der Waals surface area contributed by atoms with Gasteiger partial charge in [0.1, 0.15) is 12.4 Å². The zero-order valence-corrected chi connectivity index (χ0v) is 16.8. The van der Waals surface area contributed by atoms with Gasteiger partial charge >= 0.3 is 0 Å². The molecular weight excluding hydrogens is 405 g/mol. The molecule has 0 aliphatic carbocycles. The van der Waals surface area contributed by atoms with Crippen molar-refractivity contribution in [3.05, 3.63) is 29.8 Å². The van der Waals surface area contributed by atoms with E-state index < -0.39 is 0 Å². The number of rotatable bonds is 10. The molecule has 0 saturated heterocycles. The third-order valence-corrected chi connectivity index (χ3v) is 3.04. The maximum atomic E-state index is 5.62. The lowest BCUT2D eigenvalue weighted by atomic mass is 10.2. The molecule has 0 aliphatic rings. The first kappa shape index (κ1) is 22.0. The van der Waals surface area contributed by atoms with Gasteiger partial charge in [-0.2, -0.15) is 0 Å². The molecule has 0 radical (unpaired) electrons. The van der Waals surface area contributed by atoms with Crippen LogP contribution in [-0.4, -0.2) is 39.4 Å². The number of nitrogens with one attached hydrogen (secondary N) is 2. The molecule has 0 unspecified atom stereocenters. The average Bonchev–Trinajstić information content (AvgIpc) is 2.53. The van der Waals surface area contributed by atoms with Gasteiger partial charge in [-0.3, -0.25) is 0 Å². The summed E-state index contributed by atoms with van der Waals surface area (Å²) in [5.74, 6) is 1.72. The van der Waals surface area contributed by atoms with Crippen molar-refractivity contribution in [2.24, 2.45) is 4.99 Å². The largest absolute Gasteiger partial charge is 0.491 e. The van der Waals surface area contributed by atoms with Gasteiger partial charge in [0.15, 0.2) is 5.96 Å². The van der Waals surface area contributed by atoms with Crippen LogP contribution in [0.2, 0.25) is 0 Å². The van der Waals surface area contributed by atoms with E-state index in [0.29, 0.717) is 19.8 Å². The first-order chi connectivity index (χ1) is 10.8. The lowest BCUT2D eigenvalue weighted by molar-refractivity contribution is 0.146. The Morgan fingerprint density at radius 1 is 1.17 bits per heavy atom. The van der Waals surface area contributed by atoms with Gasteiger partial charge in [0.2, 0.25) is 0 Å². The van der Waals surface area contributed by atoms with Crippen molar-refractivity contribution >= 4 is 29.9 Å². The summed E-state index contributed by atoms with van der Waals surface area (Å²) in [5, 5.41) is 6.60. The fourth-order valence-electron chi connectivity index (χ4n) is 1.87. The average molecular weight is 435 g/mol. The number of hydrogen-bond acceptors (Lipinski definition) is 3. The quantitative estimate of drug-likeness (QED) is 0.257. The zero-order chi connectivity index (χ0) is 16.0. The minimum absolute atomic E-state index is 0. The number of hydrogen-bond donors (Lipinski definition) is 2. The molecule has 0 atom stereocenters. The fraction of sp³-hybridized carbons (Fsp3) is 0.588. The number of ether oxygens (including phenoxy) is 2. The Kier molecular flexibility index (Phi) is 13.9. The van der Waals surface area contributed by atoms with E-state index in [-0.39, 0.29) is 24.0 Å². The number of guanidine groups is 1. The number of halogens is 1. The standard InChI is InChI=1S/C17H29N3O2.HI/c1-4-6-10-19-17(18-5-2)20-14-15-8-7-9-16(13-15)22-12-11-21-3;/h7-9,13H,4-6,10-12,14H2,1-3H3,(H2,18,19,20);1H. The van der Waals surface area contributed by atoms with Crippen LogP contribution < -0.4 is 15.4 Å². The Morgan fingerprint density at radius 2 is 2.00 bits per heavy atom. The van der Waals surface area contributed by atoms with Crippen molar-refractivity contribution in [3.8, 4) is 5.75 Å². The molecule has 23 heavy (non-hydrogen) atoms. The molecule has 132 valence electrons. The van der Waals surface area contributed by atoms with E-state index >= 15 is 0 Å². The van der Waals surface area contributed by atoms with Crippen LogP contribution in [0.15, 0.2) is 29.3 Å². The first-order valence-electron chi connectivity index (χ1n) is 8.03. The molecule has 0 heterocycles. The minimum atomic E-state index is 0. The SMILES string of the molecule is CCCCNC(=NCc1cccc(OCCOC)c1)NCC.I. The Hall–Kier alpha value is -1.02. The highest BCUT2D eigenvalue weighted by atomic mass is 127. The second-order valence-electron chi connectivity index (χ2n) is 4.96. The van der Waals surface area contributed by atoms with E-state index in [9.17, 15) is 0 Å². The first-order valence-corrected chi connectivity index (χ1v) is 8.03. The summed E-state index contributed by atoms with van der Waals surface area (Å²) in [7, 11) is 1.67. The van der Waals surface area contributed by atoms with Crippen LogP contribution in [-0.2, 0) is 11.3 Å². The number of methoxy groups -OCH3 is 1. The summed E-state index contributed by atoms with van der Waals surface area (Å²) >= 11 is 0. The molecule has 0 bridgehead atoms. The number of unbranched alkanes of at least 4 members (excludes halogenated alkanes) is 1. The number of aliphatic imine (C=N–C) groups is 1. The predicted octanol–water partition coefficient (Wildman–Crippen LogP) is 3.19. The summed E-state index contributed by atoms with van der Waals surface area (Å²) in [4.78, 5) is 4.61. The molecule has 0 aromatic heterocycles. The van der Waals surface area contributed by atoms with Crippen molar-refractivity contribution in [3.63, 3.8) is 0 Å². The van der Waals surface area contributed by atoms with Crippen LogP contribution in [0.3, 0.4) is 0 Å². The molecule has 1 aromatic rings. The van der Waals surface area contributed by atoms with Gasteiger partial charge in [-0.05, 0) is 31.0 Å². The lowest BCUT2D eigenvalue weighted by Crippen LogP contribution is -2.37. The summed E-state index contributed by atoms with van der Waals surface area (Å²) in [6.07, 6.45) is 2.32. The summed E-state index contributed by atoms with van der Waals surface area (Å²) < 4.78 is 10.6. The van der Waals surface area contributed by atoms with E-state index in [1.54, 1.807) is 7.11 Å². The van der Waals surface area contributed by atoms with Crippen molar-refractivity contribution in [1.29, 1.82) is 0 Å². The molecule has 0 spiro atoms. The van der Waals surface area contributed by atoms with Gasteiger partial charge in [-0.1, -0.05) is 25.5 Å². The molecule has 0 amide bonds. The molecule has 1 aromatic carbocycles. The van der Waals surface area contributed by atoms with Gasteiger partial charge < -0.3 is 20.1 Å². The molecule has 1 rings (SSSR count). The highest BCUT2D eigenvalue weighted by Gasteiger charge is 1.99. The minimum Gasteiger partial charge on any atom is -0.491 e. The maximum Gasteiger partial charge on any atom is 0.191 e. The molecular formula is C17H30IN3O2. The van der Waals surface area contributed by atoms with E-state index in [1.165, 1.54) is 6.42 Å². The molecule has 0 aliphatic heterocycles. The predicted molar refractivity (Wildman–Crippen MR) is 107 cm³/mol. The van der Waals surface area contributed by atoms with Crippen LogP contribution in [0.1, 0.15) is 32.3 Å². The van der Waals surface area contributed by atoms with E-state index in [2.05, 4.69) is 35.5 Å². The van der Waals surface area contributed by atoms with Crippen LogP contribution in [0.5, 0.6) is 5.75 Å². The van der Waals surface area contributed by atoms with Gasteiger partial charge in [0, 0.05) is 20.2 Å². The molecule has 0 saturated carbocycles. The second kappa shape index (κ2) is 14.6.